The fourth-order valence-corrected chi connectivity index (χ4v) is 3.31. The molecule has 3 heterocycles. The van der Waals surface area contributed by atoms with Gasteiger partial charge in [-0.05, 0) is 32.2 Å². The second-order valence-corrected chi connectivity index (χ2v) is 6.92. The van der Waals surface area contributed by atoms with Crippen LogP contribution >= 0.6 is 0 Å². The van der Waals surface area contributed by atoms with Crippen LogP contribution < -0.4 is 0 Å². The van der Waals surface area contributed by atoms with Gasteiger partial charge in [-0.15, -0.1) is 5.10 Å². The molecular formula is C15H22N6O2. The molecule has 124 valence electrons. The van der Waals surface area contributed by atoms with E-state index >= 15 is 0 Å². The number of nitrogens with zero attached hydrogens (tertiary/aromatic N) is 6. The summed E-state index contributed by atoms with van der Waals surface area (Å²) < 4.78 is 7.02. The van der Waals surface area contributed by atoms with Crippen LogP contribution in [0.3, 0.4) is 0 Å². The molecule has 0 aromatic carbocycles. The number of aromatic nitrogens is 5. The van der Waals surface area contributed by atoms with Gasteiger partial charge in [-0.1, -0.05) is 10.4 Å². The van der Waals surface area contributed by atoms with E-state index in [4.69, 9.17) is 4.52 Å². The predicted molar refractivity (Wildman–Crippen MR) is 80.4 cm³/mol. The van der Waals surface area contributed by atoms with Gasteiger partial charge in [0.2, 0.25) is 5.89 Å². The van der Waals surface area contributed by atoms with Crippen LogP contribution in [0.4, 0.5) is 0 Å². The summed E-state index contributed by atoms with van der Waals surface area (Å²) >= 11 is 0. The molecule has 0 spiro atoms. The molecule has 1 N–H and O–H groups in total. The van der Waals surface area contributed by atoms with Gasteiger partial charge in [0, 0.05) is 32.3 Å². The van der Waals surface area contributed by atoms with Crippen molar-refractivity contribution in [1.29, 1.82) is 0 Å². The number of hydrogen-bond acceptors (Lipinski definition) is 7. The highest BCUT2D eigenvalue weighted by atomic mass is 16.5. The molecule has 0 bridgehead atoms. The van der Waals surface area contributed by atoms with Crippen LogP contribution in [-0.2, 0) is 20.0 Å². The number of rotatable bonds is 5. The zero-order chi connectivity index (χ0) is 15.9. The minimum absolute atomic E-state index is 0.420. The van der Waals surface area contributed by atoms with Crippen molar-refractivity contribution < 1.29 is 9.63 Å². The van der Waals surface area contributed by atoms with E-state index in [0.717, 1.165) is 43.7 Å². The monoisotopic (exact) mass is 318 g/mol. The first-order valence-electron chi connectivity index (χ1n) is 8.22. The van der Waals surface area contributed by atoms with E-state index < -0.39 is 5.60 Å². The minimum atomic E-state index is -0.812. The largest absolute Gasteiger partial charge is 0.388 e. The molecule has 2 aromatic rings. The quantitative estimate of drug-likeness (QED) is 0.865. The molecule has 1 aliphatic heterocycles. The van der Waals surface area contributed by atoms with Gasteiger partial charge in [0.25, 0.3) is 0 Å². The van der Waals surface area contributed by atoms with Gasteiger partial charge in [-0.2, -0.15) is 4.98 Å². The molecule has 0 radical (unpaired) electrons. The molecule has 23 heavy (non-hydrogen) atoms. The smallest absolute Gasteiger partial charge is 0.229 e. The van der Waals surface area contributed by atoms with Crippen LogP contribution in [-0.4, -0.2) is 53.8 Å². The van der Waals surface area contributed by atoms with Crippen molar-refractivity contribution in [2.75, 3.05) is 13.1 Å². The Labute approximate surface area is 134 Å². The Morgan fingerprint density at radius 1 is 1.43 bits per heavy atom. The van der Waals surface area contributed by atoms with Crippen LogP contribution in [0, 0.1) is 0 Å². The first-order valence-corrected chi connectivity index (χ1v) is 8.22. The van der Waals surface area contributed by atoms with E-state index in [2.05, 4.69) is 25.4 Å². The van der Waals surface area contributed by atoms with Crippen LogP contribution in [0.1, 0.15) is 49.0 Å². The summed E-state index contributed by atoms with van der Waals surface area (Å²) in [5, 5.41) is 23.0. The summed E-state index contributed by atoms with van der Waals surface area (Å²) in [7, 11) is 1.86. The molecule has 1 saturated heterocycles. The summed E-state index contributed by atoms with van der Waals surface area (Å²) in [5.41, 5.74) is 0.110. The van der Waals surface area contributed by atoms with Crippen molar-refractivity contribution in [3.05, 3.63) is 23.6 Å². The van der Waals surface area contributed by atoms with E-state index in [0.29, 0.717) is 31.3 Å². The molecule has 1 aliphatic carbocycles. The maximum atomic E-state index is 10.9. The van der Waals surface area contributed by atoms with Crippen LogP contribution in [0.25, 0.3) is 0 Å². The predicted octanol–water partition coefficient (Wildman–Crippen LogP) is 0.645. The van der Waals surface area contributed by atoms with Crippen molar-refractivity contribution in [1.82, 2.24) is 30.0 Å². The molecule has 2 aliphatic rings. The third-order valence-corrected chi connectivity index (χ3v) is 4.58. The number of aryl methyl sites for hydroxylation is 1. The lowest BCUT2D eigenvalue weighted by atomic mass is 9.89. The standard InChI is InChI=1S/C15H22N6O2/c1-20-8-12(17-19-20)9-21-6-2-5-15(22,10-21)7-13-16-14(18-23-13)11-3-4-11/h8,11,22H,2-7,9-10H2,1H3. The molecule has 1 saturated carbocycles. The number of aliphatic hydroxyl groups is 1. The lowest BCUT2D eigenvalue weighted by Crippen LogP contribution is -2.49. The summed E-state index contributed by atoms with van der Waals surface area (Å²) in [6.45, 7) is 2.24. The normalized spacial score (nSPS) is 25.8. The van der Waals surface area contributed by atoms with E-state index in [9.17, 15) is 5.11 Å². The fraction of sp³-hybridized carbons (Fsp3) is 0.733. The van der Waals surface area contributed by atoms with Crippen molar-refractivity contribution in [3.8, 4) is 0 Å². The average molecular weight is 318 g/mol. The number of hydrogen-bond donors (Lipinski definition) is 1. The van der Waals surface area contributed by atoms with Gasteiger partial charge in [0.1, 0.15) is 0 Å². The van der Waals surface area contributed by atoms with E-state index in [1.807, 2.05) is 13.2 Å². The third-order valence-electron chi connectivity index (χ3n) is 4.58. The first-order chi connectivity index (χ1) is 11.1. The SMILES string of the molecule is Cn1cc(CN2CCCC(O)(Cc3nc(C4CC4)no3)C2)nn1. The average Bonchev–Trinajstić information content (AvgIpc) is 3.13. The molecule has 1 unspecified atom stereocenters. The Morgan fingerprint density at radius 3 is 3.04 bits per heavy atom. The third kappa shape index (κ3) is 3.42. The summed E-state index contributed by atoms with van der Waals surface area (Å²) in [5.74, 6) is 1.83. The molecule has 0 amide bonds. The van der Waals surface area contributed by atoms with Gasteiger partial charge in [0.15, 0.2) is 5.82 Å². The van der Waals surface area contributed by atoms with Gasteiger partial charge < -0.3 is 9.63 Å². The number of β-amino-alcohol motifs (C(OH)–C–C–N with tert-alkyl or cyclic N) is 1. The Bertz CT molecular complexity index is 679. The maximum Gasteiger partial charge on any atom is 0.229 e. The van der Waals surface area contributed by atoms with Crippen LogP contribution in [0.15, 0.2) is 10.7 Å². The zero-order valence-corrected chi connectivity index (χ0v) is 13.4. The van der Waals surface area contributed by atoms with E-state index in [1.54, 1.807) is 4.68 Å². The molecule has 2 fully saturated rings. The lowest BCUT2D eigenvalue weighted by Gasteiger charge is -2.38. The summed E-state index contributed by atoms with van der Waals surface area (Å²) in [6, 6.07) is 0. The molecule has 8 heteroatoms. The van der Waals surface area contributed by atoms with Crippen LogP contribution in [0.2, 0.25) is 0 Å². The molecule has 4 rings (SSSR count). The van der Waals surface area contributed by atoms with Crippen molar-refractivity contribution in [2.45, 2.75) is 50.2 Å². The van der Waals surface area contributed by atoms with Crippen LogP contribution in [0.5, 0.6) is 0 Å². The second kappa shape index (κ2) is 5.68. The molecule has 8 nitrogen and oxygen atoms in total. The Kier molecular flexibility index (Phi) is 3.65. The fourth-order valence-electron chi connectivity index (χ4n) is 3.31. The Balaban J connectivity index is 1.39. The topological polar surface area (TPSA) is 93.1 Å². The number of piperidine rings is 1. The highest BCUT2D eigenvalue weighted by Gasteiger charge is 2.36. The minimum Gasteiger partial charge on any atom is -0.388 e. The maximum absolute atomic E-state index is 10.9. The van der Waals surface area contributed by atoms with Crippen molar-refractivity contribution in [2.24, 2.45) is 7.05 Å². The Morgan fingerprint density at radius 2 is 2.30 bits per heavy atom. The molecule has 2 aromatic heterocycles. The highest BCUT2D eigenvalue weighted by Crippen LogP contribution is 2.38. The van der Waals surface area contributed by atoms with Gasteiger partial charge >= 0.3 is 0 Å². The summed E-state index contributed by atoms with van der Waals surface area (Å²) in [6.07, 6.45) is 6.33. The highest BCUT2D eigenvalue weighted by molar-refractivity contribution is 5.05. The second-order valence-electron chi connectivity index (χ2n) is 6.92. The lowest BCUT2D eigenvalue weighted by molar-refractivity contribution is -0.0376. The van der Waals surface area contributed by atoms with Crippen molar-refractivity contribution in [3.63, 3.8) is 0 Å². The van der Waals surface area contributed by atoms with E-state index in [-0.39, 0.29) is 0 Å². The van der Waals surface area contributed by atoms with E-state index in [1.165, 1.54) is 0 Å². The summed E-state index contributed by atoms with van der Waals surface area (Å²) in [4.78, 5) is 6.66. The van der Waals surface area contributed by atoms with Gasteiger partial charge in [0.05, 0.1) is 17.7 Å². The zero-order valence-electron chi connectivity index (χ0n) is 13.4. The van der Waals surface area contributed by atoms with Gasteiger partial charge in [-0.3, -0.25) is 9.58 Å². The molecule has 1 atom stereocenters. The molecular weight excluding hydrogens is 296 g/mol. The van der Waals surface area contributed by atoms with Crippen molar-refractivity contribution >= 4 is 0 Å². The van der Waals surface area contributed by atoms with Gasteiger partial charge in [-0.25, -0.2) is 0 Å². The first kappa shape index (κ1) is 14.8. The number of likely N-dealkylation sites (tertiary alicyclic amines) is 1. The Hall–Kier alpha value is -1.80.